The first-order chi connectivity index (χ1) is 25.6. The molecular weight excluding hydrogens is 782 g/mol. The molecule has 0 saturated heterocycles. The van der Waals surface area contributed by atoms with Gasteiger partial charge in [-0.15, -0.1) is 6.42 Å². The van der Waals surface area contributed by atoms with Crippen molar-refractivity contribution < 1.29 is 89.7 Å². The zero-order valence-corrected chi connectivity index (χ0v) is 33.4. The minimum atomic E-state index is -5.38. The highest BCUT2D eigenvalue weighted by Gasteiger charge is 2.54. The average molecular weight is 853 g/mol. The normalized spacial score (nSPS) is 21.7. The van der Waals surface area contributed by atoms with Crippen LogP contribution in [0.5, 0.6) is 0 Å². The number of carbonyl (C=O) groups excluding carboxylic acids is 2. The molecule has 1 saturated carbocycles. The predicted molar refractivity (Wildman–Crippen MR) is 222 cm³/mol. The summed E-state index contributed by atoms with van der Waals surface area (Å²) >= 11 is 0. The second-order valence-electron chi connectivity index (χ2n) is 12.2. The molecule has 0 aromatic carbocycles. The summed E-state index contributed by atoms with van der Waals surface area (Å²) in [6, 6.07) is 0. The minimum Gasteiger partial charge on any atom is -0.456 e. The molecule has 0 aliphatic heterocycles. The van der Waals surface area contributed by atoms with Gasteiger partial charge in [-0.25, -0.2) is 13.9 Å². The highest BCUT2D eigenvalue weighted by molar-refractivity contribution is 7.59. The fourth-order valence-corrected chi connectivity index (χ4v) is 6.62. The fourth-order valence-electron chi connectivity index (χ4n) is 5.08. The van der Waals surface area contributed by atoms with Crippen molar-refractivity contribution in [2.24, 2.45) is 0 Å². The Hall–Kier alpha value is -2.85. The molecule has 16 nitrogen and oxygen atoms in total. The van der Waals surface area contributed by atoms with Crippen molar-refractivity contribution in [3.8, 4) is 59.7 Å². The summed E-state index contributed by atoms with van der Waals surface area (Å²) in [5.41, 5.74) is 0. The molecule has 1 fully saturated rings. The lowest BCUT2D eigenvalue weighted by Crippen LogP contribution is -2.64. The third-order valence-corrected chi connectivity index (χ3v) is 9.28. The number of phosphoric acid groups is 2. The van der Waals surface area contributed by atoms with Gasteiger partial charge in [-0.2, -0.15) is 13.5 Å². The maximum absolute atomic E-state index is 12.8. The van der Waals surface area contributed by atoms with Crippen molar-refractivity contribution in [1.82, 2.24) is 0 Å². The van der Waals surface area contributed by atoms with Gasteiger partial charge >= 0.3 is 27.6 Å². The van der Waals surface area contributed by atoms with Gasteiger partial charge < -0.3 is 44.6 Å². The molecule has 1 rings (SSSR count). The van der Waals surface area contributed by atoms with Gasteiger partial charge in [-0.05, 0) is 53.8 Å². The lowest BCUT2D eigenvalue weighted by atomic mass is 9.85. The van der Waals surface area contributed by atoms with E-state index in [1.165, 1.54) is 44.9 Å². The average Bonchev–Trinajstić information content (AvgIpc) is 3.11. The van der Waals surface area contributed by atoms with Crippen molar-refractivity contribution in [1.29, 1.82) is 0 Å². The third-order valence-electron chi connectivity index (χ3n) is 7.78. The monoisotopic (exact) mass is 852 g/mol. The molecule has 0 amide bonds. The molecule has 326 valence electrons. The highest BCUT2D eigenvalue weighted by atomic mass is 32.1. The first kappa shape index (κ1) is 52.2. The molecule has 0 heterocycles. The number of aliphatic hydroxyl groups is 4. The fraction of sp³-hybridized carbons (Fsp3) is 0.667. The Morgan fingerprint density at radius 2 is 1.15 bits per heavy atom. The van der Waals surface area contributed by atoms with Crippen molar-refractivity contribution in [3.63, 3.8) is 0 Å². The van der Waals surface area contributed by atoms with Gasteiger partial charge in [0, 0.05) is 25.2 Å². The van der Waals surface area contributed by atoms with Crippen LogP contribution in [0.1, 0.15) is 110 Å². The Morgan fingerprint density at radius 3 is 1.65 bits per heavy atom. The van der Waals surface area contributed by atoms with E-state index in [1.807, 2.05) is 5.92 Å². The number of rotatable bonds is 24. The number of hydrogen-bond acceptors (Lipinski definition) is 13. The van der Waals surface area contributed by atoms with Gasteiger partial charge in [0.15, 0.2) is 6.10 Å². The summed E-state index contributed by atoms with van der Waals surface area (Å²) < 4.78 is 48.3. The lowest BCUT2D eigenvalue weighted by Gasteiger charge is -2.43. The second kappa shape index (κ2) is 29.4. The van der Waals surface area contributed by atoms with Crippen LogP contribution in [0, 0.1) is 59.7 Å². The van der Waals surface area contributed by atoms with E-state index in [9.17, 15) is 44.0 Å². The predicted octanol–water partition coefficient (Wildman–Crippen LogP) is 4.33. The summed E-state index contributed by atoms with van der Waals surface area (Å²) in [5.74, 6) is 18.2. The molecule has 0 radical (unpaired) electrons. The number of ether oxygens (including phenoxy) is 2. The molecule has 8 atom stereocenters. The molecule has 0 aromatic rings. The zero-order valence-electron chi connectivity index (χ0n) is 30.6. The molecule has 1 aliphatic rings. The number of phosphoric ester groups is 2. The van der Waals surface area contributed by atoms with Gasteiger partial charge in [0.25, 0.3) is 0 Å². The number of aliphatic hydroxyl groups excluding tert-OH is 4. The Bertz CT molecular complexity index is 1600. The van der Waals surface area contributed by atoms with Crippen LogP contribution in [-0.4, -0.2) is 103 Å². The van der Waals surface area contributed by atoms with E-state index in [2.05, 4.69) is 58.8 Å². The van der Waals surface area contributed by atoms with Crippen LogP contribution in [0.4, 0.5) is 0 Å². The van der Waals surface area contributed by atoms with E-state index in [4.69, 9.17) is 34.7 Å². The standard InChI is InChI=1S/C36H50O16P2.H2S.9H2/c1-3-5-7-9-11-13-14-15-16-17-19-21-23-25-30(38)50-28(26-48-29(37)24-22-20-18-12-10-8-6-4-2)27-49-54(46,47)52-36-33(41)31(39)32(40)35(34(36)42)51-53(43,44)45;;;;;;;;;;/h2,28,31-36,39-42H,3,5,7,9,11,13-17,19,21,23,25-27H2,1H3,(H,46,47)(H2,43,44,45);1H2;9*1H/t28-,31-,32+,33?,34+,35?,36?;;;;;;;;;;/m1........../s1. The van der Waals surface area contributed by atoms with E-state index in [-0.39, 0.29) is 32.8 Å². The smallest absolute Gasteiger partial charge is 0.456 e. The SMILES string of the molecule is C#CC#CC#CC#CC#CC(=O)OC[C@H](COP(=O)(O)OC1C(O)[C@H](O)[C@H](O)C(OP(=O)(O)O)[C@@H]1O)OC(=O)CCCCCCCCCCCCCCC.S.[HH].[HH].[HH].[HH].[HH].[HH].[HH].[HH].[HH]. The first-order valence-electron chi connectivity index (χ1n) is 17.6. The molecule has 19 heteroatoms. The van der Waals surface area contributed by atoms with E-state index in [0.29, 0.717) is 6.42 Å². The van der Waals surface area contributed by atoms with Crippen molar-refractivity contribution in [2.75, 3.05) is 13.2 Å². The van der Waals surface area contributed by atoms with Gasteiger partial charge in [-0.1, -0.05) is 84.0 Å². The number of esters is 2. The Balaban J connectivity index is -0.000000364. The van der Waals surface area contributed by atoms with Crippen molar-refractivity contribution in [3.05, 3.63) is 0 Å². The van der Waals surface area contributed by atoms with Crippen LogP contribution in [0.25, 0.3) is 0 Å². The van der Waals surface area contributed by atoms with Gasteiger partial charge in [0.2, 0.25) is 0 Å². The molecular formula is C36H70O16P2S. The van der Waals surface area contributed by atoms with Gasteiger partial charge in [0.1, 0.15) is 43.2 Å². The van der Waals surface area contributed by atoms with Crippen molar-refractivity contribution in [2.45, 2.75) is 140 Å². The summed E-state index contributed by atoms with van der Waals surface area (Å²) in [4.78, 5) is 53.3. The molecule has 1 aliphatic carbocycles. The number of carbonyl (C=O) groups is 2. The van der Waals surface area contributed by atoms with Crippen LogP contribution < -0.4 is 0 Å². The van der Waals surface area contributed by atoms with E-state index in [1.54, 1.807) is 0 Å². The molecule has 0 spiro atoms. The number of hydrogen-bond donors (Lipinski definition) is 7. The van der Waals surface area contributed by atoms with Crippen LogP contribution in [0.3, 0.4) is 0 Å². The number of terminal acetylenes is 1. The largest absolute Gasteiger partial charge is 0.472 e. The summed E-state index contributed by atoms with van der Waals surface area (Å²) in [6.07, 6.45) is 3.94. The minimum absolute atomic E-state index is 0. The van der Waals surface area contributed by atoms with Crippen LogP contribution in [0.2, 0.25) is 0 Å². The van der Waals surface area contributed by atoms with Crippen LogP contribution in [-0.2, 0) is 41.8 Å². The summed E-state index contributed by atoms with van der Waals surface area (Å²) in [5, 5.41) is 40.8. The lowest BCUT2D eigenvalue weighted by molar-refractivity contribution is -0.216. The third kappa shape index (κ3) is 24.4. The maximum atomic E-state index is 12.8. The highest BCUT2D eigenvalue weighted by Crippen LogP contribution is 2.49. The molecule has 55 heavy (non-hydrogen) atoms. The Kier molecular flexibility index (Phi) is 27.9. The summed E-state index contributed by atoms with van der Waals surface area (Å²) in [6.45, 7) is 0.531. The molecule has 0 aromatic heterocycles. The zero-order chi connectivity index (χ0) is 40.4. The number of unbranched alkanes of at least 4 members (excludes halogenated alkanes) is 12. The van der Waals surface area contributed by atoms with Gasteiger partial charge in [0.05, 0.1) is 6.61 Å². The van der Waals surface area contributed by atoms with E-state index >= 15 is 0 Å². The van der Waals surface area contributed by atoms with Gasteiger partial charge in [-0.3, -0.25) is 18.4 Å². The topological polar surface area (TPSA) is 256 Å². The van der Waals surface area contributed by atoms with Crippen molar-refractivity contribution >= 4 is 41.1 Å². The maximum Gasteiger partial charge on any atom is 0.472 e. The van der Waals surface area contributed by atoms with Crippen LogP contribution >= 0.6 is 29.1 Å². The Morgan fingerprint density at radius 1 is 0.673 bits per heavy atom. The summed E-state index contributed by atoms with van der Waals surface area (Å²) in [7, 11) is -10.7. The Labute approximate surface area is 343 Å². The van der Waals surface area contributed by atoms with E-state index < -0.39 is 83.5 Å². The quantitative estimate of drug-likeness (QED) is 0.0234. The molecule has 0 bridgehead atoms. The first-order valence-corrected chi connectivity index (χ1v) is 20.6. The second-order valence-corrected chi connectivity index (χ2v) is 14.8. The molecule has 4 unspecified atom stereocenters. The van der Waals surface area contributed by atoms with E-state index in [0.717, 1.165) is 32.1 Å². The van der Waals surface area contributed by atoms with Crippen LogP contribution in [0.15, 0.2) is 0 Å². The molecule has 7 N–H and O–H groups in total.